The van der Waals surface area contributed by atoms with Gasteiger partial charge in [-0.05, 0) is 12.8 Å². The van der Waals surface area contributed by atoms with Gasteiger partial charge in [-0.15, -0.1) is 0 Å². The molecule has 102 valence electrons. The maximum absolute atomic E-state index is 12.2. The zero-order valence-electron chi connectivity index (χ0n) is 11.5. The van der Waals surface area contributed by atoms with Crippen LogP contribution in [0, 0.1) is 5.92 Å². The lowest BCUT2D eigenvalue weighted by Crippen LogP contribution is -2.24. The molecule has 2 rings (SSSR count). The zero-order chi connectivity index (χ0) is 13.8. The number of aromatic nitrogens is 4. The van der Waals surface area contributed by atoms with Crippen LogP contribution in [0.3, 0.4) is 0 Å². The van der Waals surface area contributed by atoms with E-state index < -0.39 is 0 Å². The van der Waals surface area contributed by atoms with E-state index in [1.807, 2.05) is 13.1 Å². The molecule has 0 bridgehead atoms. The van der Waals surface area contributed by atoms with Gasteiger partial charge in [-0.25, -0.2) is 4.98 Å². The van der Waals surface area contributed by atoms with Crippen LogP contribution in [0.2, 0.25) is 0 Å². The second-order valence-corrected chi connectivity index (χ2v) is 4.84. The summed E-state index contributed by atoms with van der Waals surface area (Å²) in [5.74, 6) is 0.745. The summed E-state index contributed by atoms with van der Waals surface area (Å²) in [5.41, 5.74) is 0.661. The Hall–Kier alpha value is -2.11. The third-order valence-corrected chi connectivity index (χ3v) is 2.70. The lowest BCUT2D eigenvalue weighted by molar-refractivity contribution is 0.510. The Bertz CT molecular complexity index is 599. The summed E-state index contributed by atoms with van der Waals surface area (Å²) in [6.07, 6.45) is 6.88. The minimum Gasteiger partial charge on any atom is -0.333 e. The van der Waals surface area contributed by atoms with E-state index in [2.05, 4.69) is 29.2 Å². The fraction of sp³-hybridized carbons (Fsp3) is 0.462. The average Bonchev–Trinajstić information content (AvgIpc) is 2.81. The van der Waals surface area contributed by atoms with Gasteiger partial charge < -0.3 is 9.88 Å². The zero-order valence-corrected chi connectivity index (χ0v) is 11.5. The predicted octanol–water partition coefficient (Wildman–Crippen LogP) is 1.86. The van der Waals surface area contributed by atoms with Crippen LogP contribution in [0.1, 0.15) is 20.8 Å². The molecule has 0 spiro atoms. The predicted molar refractivity (Wildman–Crippen MR) is 74.5 cm³/mol. The Morgan fingerprint density at radius 3 is 2.84 bits per heavy atom. The van der Waals surface area contributed by atoms with Crippen LogP contribution in [0.4, 0.5) is 11.5 Å². The van der Waals surface area contributed by atoms with Crippen molar-refractivity contribution >= 4 is 11.5 Å². The summed E-state index contributed by atoms with van der Waals surface area (Å²) in [4.78, 5) is 16.3. The molecule has 0 aliphatic rings. The van der Waals surface area contributed by atoms with Crippen molar-refractivity contribution < 1.29 is 0 Å². The molecule has 0 amide bonds. The summed E-state index contributed by atoms with van der Waals surface area (Å²) >= 11 is 0. The molecule has 0 aliphatic carbocycles. The van der Waals surface area contributed by atoms with Gasteiger partial charge in [-0.3, -0.25) is 9.48 Å². The Kier molecular flexibility index (Phi) is 3.99. The highest BCUT2D eigenvalue weighted by Gasteiger charge is 2.07. The Labute approximate surface area is 112 Å². The number of anilines is 2. The molecule has 6 heteroatoms. The lowest BCUT2D eigenvalue weighted by Gasteiger charge is -2.09. The van der Waals surface area contributed by atoms with Crippen LogP contribution in [0.25, 0.3) is 0 Å². The molecule has 19 heavy (non-hydrogen) atoms. The van der Waals surface area contributed by atoms with Crippen molar-refractivity contribution in [1.82, 2.24) is 19.3 Å². The molecule has 0 atom stereocenters. The summed E-state index contributed by atoms with van der Waals surface area (Å²) in [6.45, 7) is 7.63. The lowest BCUT2D eigenvalue weighted by atomic mass is 10.2. The monoisotopic (exact) mass is 261 g/mol. The molecule has 2 heterocycles. The van der Waals surface area contributed by atoms with E-state index in [4.69, 9.17) is 0 Å². The third-order valence-electron chi connectivity index (χ3n) is 2.70. The topological polar surface area (TPSA) is 64.7 Å². The van der Waals surface area contributed by atoms with Gasteiger partial charge in [0.2, 0.25) is 0 Å². The van der Waals surface area contributed by atoms with Crippen LogP contribution in [0.15, 0.2) is 29.6 Å². The number of aryl methyl sites for hydroxylation is 1. The maximum atomic E-state index is 12.2. The number of rotatable bonds is 5. The molecule has 0 saturated carbocycles. The van der Waals surface area contributed by atoms with Crippen molar-refractivity contribution in [2.45, 2.75) is 33.9 Å². The van der Waals surface area contributed by atoms with Gasteiger partial charge in [0.1, 0.15) is 0 Å². The first-order valence-electron chi connectivity index (χ1n) is 6.45. The van der Waals surface area contributed by atoms with Crippen LogP contribution in [0.5, 0.6) is 0 Å². The Balaban J connectivity index is 2.23. The maximum Gasteiger partial charge on any atom is 0.293 e. The molecule has 1 N–H and O–H groups in total. The first-order chi connectivity index (χ1) is 9.10. The minimum absolute atomic E-state index is 0.111. The van der Waals surface area contributed by atoms with Gasteiger partial charge in [-0.1, -0.05) is 13.8 Å². The van der Waals surface area contributed by atoms with Gasteiger partial charge in [0.05, 0.1) is 11.9 Å². The Morgan fingerprint density at radius 2 is 2.21 bits per heavy atom. The van der Waals surface area contributed by atoms with E-state index in [9.17, 15) is 4.79 Å². The van der Waals surface area contributed by atoms with Crippen molar-refractivity contribution in [2.24, 2.45) is 5.92 Å². The molecule has 0 aromatic carbocycles. The van der Waals surface area contributed by atoms with Crippen LogP contribution < -0.4 is 10.9 Å². The third kappa shape index (κ3) is 3.21. The quantitative estimate of drug-likeness (QED) is 0.892. The van der Waals surface area contributed by atoms with Crippen LogP contribution >= 0.6 is 0 Å². The number of nitrogens with zero attached hydrogens (tertiary/aromatic N) is 4. The smallest absolute Gasteiger partial charge is 0.293 e. The highest BCUT2D eigenvalue weighted by molar-refractivity contribution is 5.52. The standard InChI is InChI=1S/C13H19N5O/c1-4-18-9-11(7-15-18)16-12-13(19)17(6-5-14-12)8-10(2)3/h5-7,9-10H,4,8H2,1-3H3,(H,14,16). The molecule has 0 unspecified atom stereocenters. The van der Waals surface area contributed by atoms with Gasteiger partial charge in [0, 0.05) is 31.7 Å². The van der Waals surface area contributed by atoms with Gasteiger partial charge >= 0.3 is 0 Å². The highest BCUT2D eigenvalue weighted by atomic mass is 16.1. The van der Waals surface area contributed by atoms with Crippen molar-refractivity contribution in [3.63, 3.8) is 0 Å². The molecule has 6 nitrogen and oxygen atoms in total. The molecule has 0 radical (unpaired) electrons. The summed E-state index contributed by atoms with van der Waals surface area (Å²) < 4.78 is 3.46. The van der Waals surface area contributed by atoms with Gasteiger partial charge in [-0.2, -0.15) is 5.10 Å². The molecule has 2 aromatic rings. The number of nitrogens with one attached hydrogen (secondary N) is 1. The first-order valence-corrected chi connectivity index (χ1v) is 6.45. The fourth-order valence-electron chi connectivity index (χ4n) is 1.81. The molecule has 2 aromatic heterocycles. The molecule has 0 saturated heterocycles. The summed E-state index contributed by atoms with van der Waals surface area (Å²) in [7, 11) is 0. The van der Waals surface area contributed by atoms with Crippen LogP contribution in [-0.2, 0) is 13.1 Å². The van der Waals surface area contributed by atoms with Crippen LogP contribution in [-0.4, -0.2) is 19.3 Å². The number of hydrogen-bond acceptors (Lipinski definition) is 4. The normalized spacial score (nSPS) is 10.9. The van der Waals surface area contributed by atoms with Gasteiger partial charge in [0.25, 0.3) is 5.56 Å². The Morgan fingerprint density at radius 1 is 1.42 bits per heavy atom. The second kappa shape index (κ2) is 5.69. The van der Waals surface area contributed by atoms with E-state index in [0.29, 0.717) is 18.3 Å². The summed E-state index contributed by atoms with van der Waals surface area (Å²) in [6, 6.07) is 0. The van der Waals surface area contributed by atoms with E-state index in [1.165, 1.54) is 0 Å². The molecular formula is C13H19N5O. The SMILES string of the molecule is CCn1cc(Nc2nccn(CC(C)C)c2=O)cn1. The van der Waals surface area contributed by atoms with Gasteiger partial charge in [0.15, 0.2) is 5.82 Å². The number of hydrogen-bond donors (Lipinski definition) is 1. The van der Waals surface area contributed by atoms with E-state index in [0.717, 1.165) is 12.2 Å². The van der Waals surface area contributed by atoms with E-state index in [1.54, 1.807) is 27.8 Å². The first kappa shape index (κ1) is 13.3. The highest BCUT2D eigenvalue weighted by Crippen LogP contribution is 2.09. The van der Waals surface area contributed by atoms with Crippen molar-refractivity contribution in [3.05, 3.63) is 35.1 Å². The molecular weight excluding hydrogens is 242 g/mol. The van der Waals surface area contributed by atoms with Crippen molar-refractivity contribution in [1.29, 1.82) is 0 Å². The second-order valence-electron chi connectivity index (χ2n) is 4.84. The minimum atomic E-state index is -0.111. The molecule has 0 aliphatic heterocycles. The van der Waals surface area contributed by atoms with Crippen molar-refractivity contribution in [2.75, 3.05) is 5.32 Å². The average molecular weight is 261 g/mol. The van der Waals surface area contributed by atoms with E-state index >= 15 is 0 Å². The largest absolute Gasteiger partial charge is 0.333 e. The summed E-state index contributed by atoms with van der Waals surface area (Å²) in [5, 5.41) is 7.16. The fourth-order valence-corrected chi connectivity index (χ4v) is 1.81. The molecule has 0 fully saturated rings. The van der Waals surface area contributed by atoms with E-state index in [-0.39, 0.29) is 5.56 Å². The van der Waals surface area contributed by atoms with Crippen molar-refractivity contribution in [3.8, 4) is 0 Å².